The zero-order chi connectivity index (χ0) is 14.8. The van der Waals surface area contributed by atoms with Crippen molar-refractivity contribution in [3.05, 3.63) is 29.5 Å². The van der Waals surface area contributed by atoms with Gasteiger partial charge in [-0.2, -0.15) is 0 Å². The highest BCUT2D eigenvalue weighted by atomic mass is 35.5. The van der Waals surface area contributed by atoms with Gasteiger partial charge in [-0.25, -0.2) is 4.98 Å². The summed E-state index contributed by atoms with van der Waals surface area (Å²) < 4.78 is 5.41. The summed E-state index contributed by atoms with van der Waals surface area (Å²) in [5.41, 5.74) is 1.17. The second-order valence-electron chi connectivity index (χ2n) is 6.52. The number of piperidine rings is 1. The molecule has 1 aliphatic carbocycles. The van der Waals surface area contributed by atoms with Crippen LogP contribution in [0.4, 0.5) is 0 Å². The van der Waals surface area contributed by atoms with Gasteiger partial charge in [0.05, 0.1) is 12.0 Å². The Balaban J connectivity index is 0.00000104. The van der Waals surface area contributed by atoms with Crippen LogP contribution in [0.1, 0.15) is 31.4 Å². The first-order valence-electron chi connectivity index (χ1n) is 8.31. The van der Waals surface area contributed by atoms with Crippen molar-refractivity contribution in [1.29, 1.82) is 0 Å². The Kier molecular flexibility index (Phi) is 7.57. The molecule has 1 aliphatic heterocycles. The van der Waals surface area contributed by atoms with E-state index >= 15 is 0 Å². The van der Waals surface area contributed by atoms with Crippen molar-refractivity contribution in [3.8, 4) is 10.8 Å². The van der Waals surface area contributed by atoms with Crippen LogP contribution in [0.25, 0.3) is 10.8 Å². The lowest BCUT2D eigenvalue weighted by atomic mass is 10.0. The van der Waals surface area contributed by atoms with Gasteiger partial charge in [-0.05, 0) is 50.3 Å². The summed E-state index contributed by atoms with van der Waals surface area (Å²) in [6, 6.07) is 4.61. The van der Waals surface area contributed by atoms with Crippen LogP contribution in [0.5, 0.6) is 0 Å². The number of furan rings is 1. The average molecular weight is 390 g/mol. The van der Waals surface area contributed by atoms with Gasteiger partial charge in [0, 0.05) is 31.1 Å². The van der Waals surface area contributed by atoms with Gasteiger partial charge in [0.25, 0.3) is 0 Å². The van der Waals surface area contributed by atoms with Gasteiger partial charge < -0.3 is 9.73 Å². The number of rotatable bonds is 6. The minimum absolute atomic E-state index is 0. The van der Waals surface area contributed by atoms with Crippen LogP contribution < -0.4 is 5.32 Å². The number of hydrogen-bond acceptors (Lipinski definition) is 5. The molecular weight excluding hydrogens is 365 g/mol. The fourth-order valence-corrected chi connectivity index (χ4v) is 3.85. The Labute approximate surface area is 159 Å². The Morgan fingerprint density at radius 3 is 2.67 bits per heavy atom. The molecule has 0 amide bonds. The van der Waals surface area contributed by atoms with E-state index in [0.717, 1.165) is 29.3 Å². The molecule has 4 nitrogen and oxygen atoms in total. The van der Waals surface area contributed by atoms with Gasteiger partial charge in [-0.15, -0.1) is 36.2 Å². The third kappa shape index (κ3) is 5.20. The molecule has 2 fully saturated rings. The van der Waals surface area contributed by atoms with Crippen LogP contribution >= 0.6 is 36.2 Å². The summed E-state index contributed by atoms with van der Waals surface area (Å²) in [7, 11) is 0. The van der Waals surface area contributed by atoms with Gasteiger partial charge >= 0.3 is 0 Å². The van der Waals surface area contributed by atoms with Gasteiger partial charge in [0.2, 0.25) is 0 Å². The highest BCUT2D eigenvalue weighted by molar-refractivity contribution is 7.13. The first kappa shape index (κ1) is 19.7. The Bertz CT molecular complexity index is 593. The van der Waals surface area contributed by atoms with E-state index in [0.29, 0.717) is 0 Å². The molecule has 2 aliphatic rings. The fraction of sp³-hybridized carbons (Fsp3) is 0.588. The summed E-state index contributed by atoms with van der Waals surface area (Å²) >= 11 is 1.67. The quantitative estimate of drug-likeness (QED) is 0.802. The minimum Gasteiger partial charge on any atom is -0.462 e. The van der Waals surface area contributed by atoms with Crippen molar-refractivity contribution in [2.24, 2.45) is 5.92 Å². The molecule has 1 N–H and O–H groups in total. The number of hydrogen-bond donors (Lipinski definition) is 1. The van der Waals surface area contributed by atoms with Crippen LogP contribution in [0.15, 0.2) is 28.2 Å². The molecule has 0 atom stereocenters. The predicted molar refractivity (Wildman–Crippen MR) is 103 cm³/mol. The summed E-state index contributed by atoms with van der Waals surface area (Å²) in [5, 5.41) is 6.89. The molecule has 2 aromatic rings. The monoisotopic (exact) mass is 389 g/mol. The highest BCUT2D eigenvalue weighted by Crippen LogP contribution is 2.28. The second kappa shape index (κ2) is 9.20. The first-order valence-corrected chi connectivity index (χ1v) is 9.19. The van der Waals surface area contributed by atoms with Gasteiger partial charge in [0.1, 0.15) is 0 Å². The van der Waals surface area contributed by atoms with E-state index in [2.05, 4.69) is 15.6 Å². The Hall–Kier alpha value is -0.590. The summed E-state index contributed by atoms with van der Waals surface area (Å²) in [4.78, 5) is 7.23. The lowest BCUT2D eigenvalue weighted by molar-refractivity contribution is 0.188. The second-order valence-corrected chi connectivity index (χ2v) is 7.38. The zero-order valence-electron chi connectivity index (χ0n) is 13.6. The smallest absolute Gasteiger partial charge is 0.162 e. The third-order valence-corrected chi connectivity index (χ3v) is 5.55. The molecule has 0 spiro atoms. The number of thiazole rings is 1. The maximum absolute atomic E-state index is 5.41. The average Bonchev–Trinajstić information content (AvgIpc) is 3.01. The fourth-order valence-electron chi connectivity index (χ4n) is 3.07. The largest absolute Gasteiger partial charge is 0.462 e. The lowest BCUT2D eigenvalue weighted by Gasteiger charge is -2.32. The molecule has 0 bridgehead atoms. The molecule has 3 heterocycles. The van der Waals surface area contributed by atoms with Gasteiger partial charge in [0.15, 0.2) is 10.8 Å². The van der Waals surface area contributed by atoms with Crippen molar-refractivity contribution in [3.63, 3.8) is 0 Å². The van der Waals surface area contributed by atoms with Crippen molar-refractivity contribution in [2.75, 3.05) is 19.6 Å². The van der Waals surface area contributed by atoms with E-state index in [9.17, 15) is 0 Å². The standard InChI is InChI=1S/C17H23N3OS.2ClH/c1-2-16(21-9-1)17-19-15(12-22-17)11-20-7-5-14(6-8-20)18-10-13-3-4-13;;/h1-2,9,12-14,18H,3-8,10-11H2;2*1H. The number of nitrogens with zero attached hydrogens (tertiary/aromatic N) is 2. The number of halogens is 2. The summed E-state index contributed by atoms with van der Waals surface area (Å²) in [6.45, 7) is 4.56. The van der Waals surface area contributed by atoms with Crippen LogP contribution in [-0.4, -0.2) is 35.6 Å². The molecule has 134 valence electrons. The van der Waals surface area contributed by atoms with E-state index in [1.165, 1.54) is 51.0 Å². The van der Waals surface area contributed by atoms with Crippen molar-refractivity contribution in [2.45, 2.75) is 38.3 Å². The van der Waals surface area contributed by atoms with Crippen molar-refractivity contribution < 1.29 is 4.42 Å². The minimum atomic E-state index is 0. The topological polar surface area (TPSA) is 41.3 Å². The Morgan fingerprint density at radius 2 is 2.00 bits per heavy atom. The lowest BCUT2D eigenvalue weighted by Crippen LogP contribution is -2.42. The molecule has 2 aromatic heterocycles. The zero-order valence-corrected chi connectivity index (χ0v) is 16.1. The SMILES string of the molecule is Cl.Cl.c1coc(-c2nc(CN3CCC(NCC4CC4)CC3)cs2)c1. The Morgan fingerprint density at radius 1 is 1.21 bits per heavy atom. The van der Waals surface area contributed by atoms with Crippen LogP contribution in [0.3, 0.4) is 0 Å². The maximum Gasteiger partial charge on any atom is 0.162 e. The van der Waals surface area contributed by atoms with Crippen molar-refractivity contribution in [1.82, 2.24) is 15.2 Å². The van der Waals surface area contributed by atoms with Crippen LogP contribution in [0.2, 0.25) is 0 Å². The molecule has 24 heavy (non-hydrogen) atoms. The van der Waals surface area contributed by atoms with E-state index in [4.69, 9.17) is 9.40 Å². The molecule has 7 heteroatoms. The number of likely N-dealkylation sites (tertiary alicyclic amines) is 1. The van der Waals surface area contributed by atoms with E-state index in [1.54, 1.807) is 17.6 Å². The first-order chi connectivity index (χ1) is 10.9. The molecule has 0 unspecified atom stereocenters. The van der Waals surface area contributed by atoms with Crippen LogP contribution in [-0.2, 0) is 6.54 Å². The molecular formula is C17H25Cl2N3OS. The molecule has 1 saturated heterocycles. The van der Waals surface area contributed by atoms with Gasteiger partial charge in [-0.3, -0.25) is 4.90 Å². The van der Waals surface area contributed by atoms with Crippen LogP contribution in [0, 0.1) is 5.92 Å². The van der Waals surface area contributed by atoms with Crippen molar-refractivity contribution >= 4 is 36.2 Å². The summed E-state index contributed by atoms with van der Waals surface area (Å²) in [6.07, 6.45) is 7.11. The number of nitrogens with one attached hydrogen (secondary N) is 1. The normalized spacial score (nSPS) is 18.8. The van der Waals surface area contributed by atoms with E-state index in [-0.39, 0.29) is 24.8 Å². The molecule has 4 rings (SSSR count). The predicted octanol–water partition coefficient (Wildman–Crippen LogP) is 4.21. The molecule has 0 radical (unpaired) electrons. The molecule has 0 aromatic carbocycles. The number of aromatic nitrogens is 1. The molecule has 1 saturated carbocycles. The van der Waals surface area contributed by atoms with E-state index in [1.807, 2.05) is 12.1 Å². The van der Waals surface area contributed by atoms with E-state index < -0.39 is 0 Å². The van der Waals surface area contributed by atoms with Gasteiger partial charge in [-0.1, -0.05) is 0 Å². The highest BCUT2D eigenvalue weighted by Gasteiger charge is 2.24. The maximum atomic E-state index is 5.41. The third-order valence-electron chi connectivity index (χ3n) is 4.65. The summed E-state index contributed by atoms with van der Waals surface area (Å²) in [5.74, 6) is 1.85.